The van der Waals surface area contributed by atoms with Crippen LogP contribution in [0, 0.1) is 0 Å². The zero-order valence-corrected chi connectivity index (χ0v) is 10.7. The van der Waals surface area contributed by atoms with E-state index in [1.807, 2.05) is 0 Å². The largest absolute Gasteiger partial charge is 0.481 e. The normalized spacial score (nSPS) is 19.5. The van der Waals surface area contributed by atoms with E-state index >= 15 is 0 Å². The van der Waals surface area contributed by atoms with Crippen molar-refractivity contribution in [3.63, 3.8) is 0 Å². The van der Waals surface area contributed by atoms with Gasteiger partial charge in [-0.05, 0) is 0 Å². The molecule has 0 bridgehead atoms. The number of halogens is 2. The van der Waals surface area contributed by atoms with E-state index in [0.717, 1.165) is 0 Å². The molecular weight excluding hydrogens is 293 g/mol. The minimum atomic E-state index is -4.64. The lowest BCUT2D eigenvalue weighted by atomic mass is 10.9. The molecule has 0 fully saturated rings. The van der Waals surface area contributed by atoms with Gasteiger partial charge in [-0.1, -0.05) is 0 Å². The highest BCUT2D eigenvalue weighted by Gasteiger charge is 2.34. The van der Waals surface area contributed by atoms with Gasteiger partial charge in [0, 0.05) is 11.8 Å². The highest BCUT2D eigenvalue weighted by atomic mass is 35.5. The van der Waals surface area contributed by atoms with Gasteiger partial charge in [-0.3, -0.25) is 9.05 Å². The Hall–Kier alpha value is 0.840. The number of hydrogen-bond acceptors (Lipinski definition) is 5. The second-order valence-corrected chi connectivity index (χ2v) is 5.86. The van der Waals surface area contributed by atoms with Crippen molar-refractivity contribution in [1.29, 1.82) is 0 Å². The van der Waals surface area contributed by atoms with Crippen molar-refractivity contribution in [2.24, 2.45) is 0 Å². The first-order valence-corrected chi connectivity index (χ1v) is 7.67. The molecule has 0 saturated carbocycles. The highest BCUT2D eigenvalue weighted by molar-refractivity contribution is 7.61. The van der Waals surface area contributed by atoms with Crippen molar-refractivity contribution >= 4 is 38.8 Å². The van der Waals surface area contributed by atoms with Crippen LogP contribution in [0.3, 0.4) is 0 Å². The Kier molecular flexibility index (Phi) is 7.63. The van der Waals surface area contributed by atoms with E-state index in [-0.39, 0.29) is 25.0 Å². The average molecular weight is 303 g/mol. The lowest BCUT2D eigenvalue weighted by Gasteiger charge is -2.14. The van der Waals surface area contributed by atoms with Crippen LogP contribution < -0.4 is 0 Å². The van der Waals surface area contributed by atoms with Crippen molar-refractivity contribution in [3.8, 4) is 0 Å². The van der Waals surface area contributed by atoms with Gasteiger partial charge in [-0.2, -0.15) is 4.31 Å². The maximum atomic E-state index is 11.0. The summed E-state index contributed by atoms with van der Waals surface area (Å²) in [5.74, 6) is -0.127. The lowest BCUT2D eigenvalue weighted by Crippen LogP contribution is -2.00. The molecule has 2 atom stereocenters. The van der Waals surface area contributed by atoms with Gasteiger partial charge in [0.05, 0.1) is 13.2 Å². The minimum absolute atomic E-state index is 0.0633. The second kappa shape index (κ2) is 7.22. The summed E-state index contributed by atoms with van der Waals surface area (Å²) in [7, 11) is -9.27. The average Bonchev–Trinajstić information content (AvgIpc) is 2.10. The summed E-state index contributed by atoms with van der Waals surface area (Å²) in [6.45, 7) is -0.602. The summed E-state index contributed by atoms with van der Waals surface area (Å²) in [4.78, 5) is 17.8. The van der Waals surface area contributed by atoms with E-state index in [4.69, 9.17) is 33.0 Å². The maximum Gasteiger partial charge on any atom is 0.481 e. The summed E-state index contributed by atoms with van der Waals surface area (Å²) in [6.07, 6.45) is 0. The topological polar surface area (TPSA) is 102 Å². The number of rotatable bonds is 8. The molecule has 0 aromatic carbocycles. The van der Waals surface area contributed by atoms with Crippen LogP contribution in [0.5, 0.6) is 0 Å². The van der Waals surface area contributed by atoms with Gasteiger partial charge in [-0.25, -0.2) is 9.13 Å². The predicted molar refractivity (Wildman–Crippen MR) is 54.1 cm³/mol. The smallest absolute Gasteiger partial charge is 0.302 e. The predicted octanol–water partition coefficient (Wildman–Crippen LogP) is 1.71. The number of phosphoric ester groups is 2. The van der Waals surface area contributed by atoms with Crippen molar-refractivity contribution in [2.45, 2.75) is 0 Å². The first-order valence-electron chi connectivity index (χ1n) is 3.61. The molecule has 0 heterocycles. The number of phosphoric acid groups is 2. The molecule has 0 saturated heterocycles. The minimum Gasteiger partial charge on any atom is -0.302 e. The fourth-order valence-electron chi connectivity index (χ4n) is 0.477. The van der Waals surface area contributed by atoms with Gasteiger partial charge in [-0.15, -0.1) is 23.2 Å². The molecule has 2 N–H and O–H groups in total. The molecule has 0 amide bonds. The highest BCUT2D eigenvalue weighted by Crippen LogP contribution is 2.60. The quantitative estimate of drug-likeness (QED) is 0.520. The van der Waals surface area contributed by atoms with Crippen molar-refractivity contribution in [2.75, 3.05) is 25.0 Å². The molecule has 0 rings (SSSR count). The van der Waals surface area contributed by atoms with Crippen molar-refractivity contribution in [3.05, 3.63) is 0 Å². The third kappa shape index (κ3) is 8.63. The molecule has 0 radical (unpaired) electrons. The molecule has 7 nitrogen and oxygen atoms in total. The van der Waals surface area contributed by atoms with Gasteiger partial charge in [0.15, 0.2) is 0 Å². The molecular formula is C4H10Cl2O7P2. The van der Waals surface area contributed by atoms with Gasteiger partial charge in [0.25, 0.3) is 0 Å². The molecule has 0 spiro atoms. The van der Waals surface area contributed by atoms with Crippen LogP contribution in [-0.2, 0) is 22.5 Å². The van der Waals surface area contributed by atoms with Gasteiger partial charge in [0.2, 0.25) is 0 Å². The van der Waals surface area contributed by atoms with Crippen LogP contribution in [0.4, 0.5) is 0 Å². The summed E-state index contributed by atoms with van der Waals surface area (Å²) in [5.41, 5.74) is 0. The van der Waals surface area contributed by atoms with Gasteiger partial charge in [0.1, 0.15) is 0 Å². The number of hydrogen-bond donors (Lipinski definition) is 2. The Morgan fingerprint density at radius 3 is 1.53 bits per heavy atom. The summed E-state index contributed by atoms with van der Waals surface area (Å²) in [6, 6.07) is 0. The molecule has 0 aliphatic rings. The summed E-state index contributed by atoms with van der Waals surface area (Å²) >= 11 is 10.3. The maximum absolute atomic E-state index is 11.0. The van der Waals surface area contributed by atoms with E-state index in [1.165, 1.54) is 0 Å². The van der Waals surface area contributed by atoms with E-state index in [0.29, 0.717) is 0 Å². The SMILES string of the molecule is O=P(O)(OCCCl)OP(=O)(O)OCCCl. The van der Waals surface area contributed by atoms with Crippen molar-refractivity contribution < 1.29 is 32.3 Å². The van der Waals surface area contributed by atoms with Crippen LogP contribution in [0.2, 0.25) is 0 Å². The van der Waals surface area contributed by atoms with Crippen LogP contribution in [-0.4, -0.2) is 34.8 Å². The molecule has 2 unspecified atom stereocenters. The Balaban J connectivity index is 4.17. The molecule has 0 aliphatic heterocycles. The zero-order valence-electron chi connectivity index (χ0n) is 7.41. The van der Waals surface area contributed by atoms with E-state index in [2.05, 4.69) is 13.4 Å². The third-order valence-electron chi connectivity index (χ3n) is 0.870. The molecule has 0 aromatic heterocycles. The van der Waals surface area contributed by atoms with Gasteiger partial charge < -0.3 is 9.79 Å². The molecule has 15 heavy (non-hydrogen) atoms. The Morgan fingerprint density at radius 1 is 0.933 bits per heavy atom. The Morgan fingerprint density at radius 2 is 1.27 bits per heavy atom. The lowest BCUT2D eigenvalue weighted by molar-refractivity contribution is 0.163. The monoisotopic (exact) mass is 302 g/mol. The molecule has 0 aromatic rings. The van der Waals surface area contributed by atoms with Crippen LogP contribution in [0.1, 0.15) is 0 Å². The van der Waals surface area contributed by atoms with E-state index in [1.54, 1.807) is 0 Å². The first-order chi connectivity index (χ1) is 6.83. The van der Waals surface area contributed by atoms with Crippen molar-refractivity contribution in [1.82, 2.24) is 0 Å². The van der Waals surface area contributed by atoms with Crippen LogP contribution in [0.25, 0.3) is 0 Å². The van der Waals surface area contributed by atoms with E-state index < -0.39 is 15.6 Å². The fourth-order valence-corrected chi connectivity index (χ4v) is 2.91. The molecule has 11 heteroatoms. The second-order valence-electron chi connectivity index (χ2n) is 2.06. The van der Waals surface area contributed by atoms with Crippen LogP contribution >= 0.6 is 38.8 Å². The zero-order chi connectivity index (χ0) is 11.9. The Labute approximate surface area is 96.5 Å². The number of alkyl halides is 2. The Bertz CT molecular complexity index is 246. The first kappa shape index (κ1) is 15.8. The van der Waals surface area contributed by atoms with Crippen LogP contribution in [0.15, 0.2) is 0 Å². The van der Waals surface area contributed by atoms with E-state index in [9.17, 15) is 9.13 Å². The summed E-state index contributed by atoms with van der Waals surface area (Å²) in [5, 5.41) is 0. The summed E-state index contributed by atoms with van der Waals surface area (Å²) < 4.78 is 34.2. The third-order valence-corrected chi connectivity index (χ3v) is 3.85. The van der Waals surface area contributed by atoms with Gasteiger partial charge >= 0.3 is 15.6 Å². The fraction of sp³-hybridized carbons (Fsp3) is 1.00. The standard InChI is InChI=1S/C4H10Cl2O7P2/c5-1-3-11-14(7,8)13-15(9,10)12-4-2-6/h1-4H2,(H,7,8)(H,9,10). The molecule has 0 aliphatic carbocycles. The molecule has 92 valence electrons.